The SMILES string of the molecule is CCN(CC)Cc1c(O)ccc2c1O/C(=C\c1ccc(N(C)C)cc1)C2=O. The molecule has 5 nitrogen and oxygen atoms in total. The summed E-state index contributed by atoms with van der Waals surface area (Å²) < 4.78 is 5.92. The van der Waals surface area contributed by atoms with E-state index >= 15 is 0 Å². The van der Waals surface area contributed by atoms with Crippen LogP contribution in [0, 0.1) is 0 Å². The van der Waals surface area contributed by atoms with Gasteiger partial charge in [-0.15, -0.1) is 0 Å². The number of nitrogens with zero attached hydrogens (tertiary/aromatic N) is 2. The Morgan fingerprint density at radius 3 is 2.30 bits per heavy atom. The minimum atomic E-state index is -0.150. The van der Waals surface area contributed by atoms with E-state index in [1.165, 1.54) is 0 Å². The van der Waals surface area contributed by atoms with Gasteiger partial charge in [0.05, 0.1) is 11.1 Å². The Labute approximate surface area is 160 Å². The third-order valence-electron chi connectivity index (χ3n) is 4.90. The van der Waals surface area contributed by atoms with Gasteiger partial charge in [0, 0.05) is 26.3 Å². The zero-order chi connectivity index (χ0) is 19.6. The Hall–Kier alpha value is -2.79. The van der Waals surface area contributed by atoms with Crippen molar-refractivity contribution in [2.45, 2.75) is 20.4 Å². The molecule has 2 aromatic rings. The van der Waals surface area contributed by atoms with Crippen molar-refractivity contribution in [3.8, 4) is 11.5 Å². The van der Waals surface area contributed by atoms with Crippen molar-refractivity contribution in [1.29, 1.82) is 0 Å². The predicted molar refractivity (Wildman–Crippen MR) is 108 cm³/mol. The highest BCUT2D eigenvalue weighted by Gasteiger charge is 2.31. The Bertz CT molecular complexity index is 866. The number of ketones is 1. The summed E-state index contributed by atoms with van der Waals surface area (Å²) in [5.74, 6) is 0.768. The van der Waals surface area contributed by atoms with Crippen LogP contribution < -0.4 is 9.64 Å². The van der Waals surface area contributed by atoms with Gasteiger partial charge in [-0.2, -0.15) is 0 Å². The van der Waals surface area contributed by atoms with Crippen molar-refractivity contribution in [3.63, 3.8) is 0 Å². The molecule has 1 aliphatic heterocycles. The summed E-state index contributed by atoms with van der Waals surface area (Å²) in [7, 11) is 3.97. The van der Waals surface area contributed by atoms with Gasteiger partial charge in [0.15, 0.2) is 5.76 Å². The highest BCUT2D eigenvalue weighted by atomic mass is 16.5. The van der Waals surface area contributed by atoms with Crippen LogP contribution in [-0.2, 0) is 6.54 Å². The molecule has 0 aliphatic carbocycles. The second-order valence-electron chi connectivity index (χ2n) is 6.83. The second-order valence-corrected chi connectivity index (χ2v) is 6.83. The molecule has 1 aliphatic rings. The average Bonchev–Trinajstić information content (AvgIpc) is 2.97. The van der Waals surface area contributed by atoms with Gasteiger partial charge in [0.1, 0.15) is 11.5 Å². The fourth-order valence-corrected chi connectivity index (χ4v) is 3.14. The van der Waals surface area contributed by atoms with Gasteiger partial charge in [0.25, 0.3) is 0 Å². The van der Waals surface area contributed by atoms with Crippen LogP contribution in [0.1, 0.15) is 35.3 Å². The van der Waals surface area contributed by atoms with Crippen molar-refractivity contribution in [3.05, 3.63) is 58.8 Å². The van der Waals surface area contributed by atoms with Gasteiger partial charge in [-0.3, -0.25) is 9.69 Å². The number of anilines is 1. The van der Waals surface area contributed by atoms with E-state index in [1.807, 2.05) is 43.3 Å². The third kappa shape index (κ3) is 3.83. The fourth-order valence-electron chi connectivity index (χ4n) is 3.14. The minimum Gasteiger partial charge on any atom is -0.507 e. The van der Waals surface area contributed by atoms with E-state index in [1.54, 1.807) is 18.2 Å². The van der Waals surface area contributed by atoms with Gasteiger partial charge in [-0.05, 0) is 49.0 Å². The number of hydrogen-bond acceptors (Lipinski definition) is 5. The number of allylic oxidation sites excluding steroid dienone is 1. The summed E-state index contributed by atoms with van der Waals surface area (Å²) in [5, 5.41) is 10.3. The first-order valence-electron chi connectivity index (χ1n) is 9.23. The standard InChI is InChI=1S/C22H26N2O3/c1-5-24(6-2)14-18-19(25)12-11-17-21(26)20(27-22(17)18)13-15-7-9-16(10-8-15)23(3)4/h7-13,25H,5-6,14H2,1-4H3/b20-13-. The third-order valence-corrected chi connectivity index (χ3v) is 4.90. The molecule has 5 heteroatoms. The number of hydrogen-bond donors (Lipinski definition) is 1. The van der Waals surface area contributed by atoms with E-state index in [0.29, 0.717) is 23.4 Å². The predicted octanol–water partition coefficient (Wildman–Crippen LogP) is 3.92. The molecule has 3 rings (SSSR count). The normalized spacial score (nSPS) is 14.6. The lowest BCUT2D eigenvalue weighted by atomic mass is 10.0. The van der Waals surface area contributed by atoms with E-state index in [-0.39, 0.29) is 17.3 Å². The maximum Gasteiger partial charge on any atom is 0.231 e. The number of phenols is 1. The van der Waals surface area contributed by atoms with Gasteiger partial charge < -0.3 is 14.7 Å². The summed E-state index contributed by atoms with van der Waals surface area (Å²) in [6.45, 7) is 6.39. The van der Waals surface area contributed by atoms with Crippen LogP contribution in [0.5, 0.6) is 11.5 Å². The number of benzene rings is 2. The molecule has 0 saturated heterocycles. The largest absolute Gasteiger partial charge is 0.507 e. The smallest absolute Gasteiger partial charge is 0.231 e. The highest BCUT2D eigenvalue weighted by Crippen LogP contribution is 2.40. The molecule has 0 unspecified atom stereocenters. The van der Waals surface area contributed by atoms with Crippen molar-refractivity contribution >= 4 is 17.5 Å². The number of Topliss-reactive ketones (excluding diaryl/α,β-unsaturated/α-hetero) is 1. The van der Waals surface area contributed by atoms with Crippen LogP contribution in [0.2, 0.25) is 0 Å². The molecule has 0 amide bonds. The van der Waals surface area contributed by atoms with E-state index in [4.69, 9.17) is 4.74 Å². The average molecular weight is 366 g/mol. The highest BCUT2D eigenvalue weighted by molar-refractivity contribution is 6.15. The lowest BCUT2D eigenvalue weighted by Crippen LogP contribution is -2.22. The van der Waals surface area contributed by atoms with Gasteiger partial charge >= 0.3 is 0 Å². The van der Waals surface area contributed by atoms with Crippen LogP contribution >= 0.6 is 0 Å². The zero-order valence-electron chi connectivity index (χ0n) is 16.3. The number of rotatable bonds is 6. The summed E-state index contributed by atoms with van der Waals surface area (Å²) in [5.41, 5.74) is 3.15. The molecular weight excluding hydrogens is 340 g/mol. The molecule has 2 aromatic carbocycles. The summed E-state index contributed by atoms with van der Waals surface area (Å²) in [6.07, 6.45) is 1.75. The first kappa shape index (κ1) is 19.0. The molecule has 0 aromatic heterocycles. The second kappa shape index (κ2) is 7.84. The van der Waals surface area contributed by atoms with Crippen molar-refractivity contribution in [2.24, 2.45) is 0 Å². The lowest BCUT2D eigenvalue weighted by Gasteiger charge is -2.20. The summed E-state index contributed by atoms with van der Waals surface area (Å²) >= 11 is 0. The minimum absolute atomic E-state index is 0.150. The molecule has 0 saturated carbocycles. The molecule has 0 fully saturated rings. The van der Waals surface area contributed by atoms with Crippen LogP contribution in [0.15, 0.2) is 42.2 Å². The lowest BCUT2D eigenvalue weighted by molar-refractivity contribution is 0.101. The van der Waals surface area contributed by atoms with E-state index in [2.05, 4.69) is 18.7 Å². The Kier molecular flexibility index (Phi) is 5.51. The number of phenolic OH excluding ortho intramolecular Hbond substituents is 1. The first-order chi connectivity index (χ1) is 12.9. The van der Waals surface area contributed by atoms with Gasteiger partial charge in [-0.25, -0.2) is 0 Å². The number of aromatic hydroxyl groups is 1. The van der Waals surface area contributed by atoms with Crippen LogP contribution in [0.3, 0.4) is 0 Å². The Morgan fingerprint density at radius 1 is 1.04 bits per heavy atom. The number of fused-ring (bicyclic) bond motifs is 1. The van der Waals surface area contributed by atoms with E-state index in [9.17, 15) is 9.90 Å². The van der Waals surface area contributed by atoms with Crippen molar-refractivity contribution < 1.29 is 14.6 Å². The molecule has 1 N–H and O–H groups in total. The molecule has 27 heavy (non-hydrogen) atoms. The summed E-state index contributed by atoms with van der Waals surface area (Å²) in [6, 6.07) is 11.1. The van der Waals surface area contributed by atoms with Crippen molar-refractivity contribution in [2.75, 3.05) is 32.1 Å². The zero-order valence-corrected chi connectivity index (χ0v) is 16.3. The molecule has 0 atom stereocenters. The van der Waals surface area contributed by atoms with Crippen LogP contribution in [0.4, 0.5) is 5.69 Å². The molecule has 0 spiro atoms. The topological polar surface area (TPSA) is 53.0 Å². The van der Waals surface area contributed by atoms with Gasteiger partial charge in [0.2, 0.25) is 5.78 Å². The fraction of sp³-hybridized carbons (Fsp3) is 0.318. The number of carbonyl (C=O) groups is 1. The Balaban J connectivity index is 1.92. The monoisotopic (exact) mass is 366 g/mol. The van der Waals surface area contributed by atoms with Crippen molar-refractivity contribution in [1.82, 2.24) is 4.90 Å². The van der Waals surface area contributed by atoms with Crippen LogP contribution in [0.25, 0.3) is 6.08 Å². The molecule has 1 heterocycles. The maximum absolute atomic E-state index is 12.8. The van der Waals surface area contributed by atoms with E-state index < -0.39 is 0 Å². The molecule has 142 valence electrons. The van der Waals surface area contributed by atoms with Crippen LogP contribution in [-0.4, -0.2) is 43.0 Å². The maximum atomic E-state index is 12.8. The first-order valence-corrected chi connectivity index (χ1v) is 9.23. The summed E-state index contributed by atoms with van der Waals surface area (Å²) in [4.78, 5) is 17.0. The number of ether oxygens (including phenoxy) is 1. The Morgan fingerprint density at radius 2 is 1.70 bits per heavy atom. The number of carbonyl (C=O) groups excluding carboxylic acids is 1. The quantitative estimate of drug-likeness (QED) is 0.786. The molecular formula is C22H26N2O3. The van der Waals surface area contributed by atoms with Gasteiger partial charge in [-0.1, -0.05) is 26.0 Å². The molecule has 0 bridgehead atoms. The van der Waals surface area contributed by atoms with E-state index in [0.717, 1.165) is 24.3 Å². The molecule has 0 radical (unpaired) electrons.